The first-order valence-corrected chi connectivity index (χ1v) is 9.90. The van der Waals surface area contributed by atoms with E-state index in [1.165, 1.54) is 0 Å². The van der Waals surface area contributed by atoms with Crippen molar-refractivity contribution in [2.24, 2.45) is 0 Å². The number of rotatable bonds is 4. The van der Waals surface area contributed by atoms with E-state index in [1.54, 1.807) is 24.3 Å². The lowest BCUT2D eigenvalue weighted by molar-refractivity contribution is 0.122. The molecule has 1 aliphatic rings. The molecule has 0 bridgehead atoms. The van der Waals surface area contributed by atoms with E-state index in [-0.39, 0.29) is 5.75 Å². The van der Waals surface area contributed by atoms with E-state index in [2.05, 4.69) is 14.9 Å². The van der Waals surface area contributed by atoms with Gasteiger partial charge in [0.05, 0.1) is 19.5 Å². The lowest BCUT2D eigenvalue weighted by atomic mass is 10.2. The SMILES string of the molecule is Cc1c(Cl)nc(-c2cccc(OS(C)(=O)=O)c2)nc1N1CCOCC1. The molecule has 134 valence electrons. The molecule has 0 N–H and O–H groups in total. The van der Waals surface area contributed by atoms with Gasteiger partial charge < -0.3 is 13.8 Å². The summed E-state index contributed by atoms with van der Waals surface area (Å²) in [6, 6.07) is 6.59. The largest absolute Gasteiger partial charge is 0.383 e. The quantitative estimate of drug-likeness (QED) is 0.591. The molecule has 0 atom stereocenters. The molecule has 9 heteroatoms. The zero-order valence-electron chi connectivity index (χ0n) is 13.9. The average Bonchev–Trinajstić information content (AvgIpc) is 2.56. The zero-order chi connectivity index (χ0) is 18.0. The van der Waals surface area contributed by atoms with Gasteiger partial charge in [0.2, 0.25) is 0 Å². The first-order chi connectivity index (χ1) is 11.8. The fourth-order valence-corrected chi connectivity index (χ4v) is 3.17. The summed E-state index contributed by atoms with van der Waals surface area (Å²) in [6.07, 6.45) is 0.995. The van der Waals surface area contributed by atoms with Crippen LogP contribution in [-0.4, -0.2) is 50.9 Å². The van der Waals surface area contributed by atoms with Crippen molar-refractivity contribution in [2.75, 3.05) is 37.5 Å². The van der Waals surface area contributed by atoms with Crippen LogP contribution in [0.15, 0.2) is 24.3 Å². The van der Waals surface area contributed by atoms with E-state index < -0.39 is 10.1 Å². The molecule has 0 saturated carbocycles. The van der Waals surface area contributed by atoms with Gasteiger partial charge in [0.1, 0.15) is 16.7 Å². The first-order valence-electron chi connectivity index (χ1n) is 7.70. The Morgan fingerprint density at radius 1 is 1.24 bits per heavy atom. The maximum absolute atomic E-state index is 11.3. The highest BCUT2D eigenvalue weighted by atomic mass is 35.5. The van der Waals surface area contributed by atoms with Gasteiger partial charge in [-0.15, -0.1) is 0 Å². The van der Waals surface area contributed by atoms with Crippen LogP contribution >= 0.6 is 11.6 Å². The Morgan fingerprint density at radius 2 is 1.96 bits per heavy atom. The van der Waals surface area contributed by atoms with E-state index in [0.29, 0.717) is 29.8 Å². The van der Waals surface area contributed by atoms with Gasteiger partial charge in [-0.3, -0.25) is 0 Å². The van der Waals surface area contributed by atoms with Crippen LogP contribution in [0.5, 0.6) is 5.75 Å². The lowest BCUT2D eigenvalue weighted by Gasteiger charge is -2.29. The second-order valence-electron chi connectivity index (χ2n) is 5.70. The third-order valence-corrected chi connectivity index (χ3v) is 4.57. The van der Waals surface area contributed by atoms with Crippen molar-refractivity contribution in [3.8, 4) is 17.1 Å². The number of ether oxygens (including phenoxy) is 1. The van der Waals surface area contributed by atoms with Crippen LogP contribution in [-0.2, 0) is 14.9 Å². The van der Waals surface area contributed by atoms with Crippen molar-refractivity contribution >= 4 is 27.5 Å². The summed E-state index contributed by atoms with van der Waals surface area (Å²) in [5.74, 6) is 1.37. The van der Waals surface area contributed by atoms with Crippen LogP contribution in [0.2, 0.25) is 5.15 Å². The molecule has 1 aromatic carbocycles. The second-order valence-corrected chi connectivity index (χ2v) is 7.63. The molecule has 0 aliphatic carbocycles. The lowest BCUT2D eigenvalue weighted by Crippen LogP contribution is -2.37. The molecule has 7 nitrogen and oxygen atoms in total. The summed E-state index contributed by atoms with van der Waals surface area (Å²) in [5, 5.41) is 0.362. The normalized spacial score (nSPS) is 15.2. The van der Waals surface area contributed by atoms with Crippen molar-refractivity contribution in [1.29, 1.82) is 0 Å². The highest BCUT2D eigenvalue weighted by Gasteiger charge is 2.19. The van der Waals surface area contributed by atoms with E-state index in [9.17, 15) is 8.42 Å². The van der Waals surface area contributed by atoms with E-state index in [0.717, 1.165) is 30.7 Å². The molecule has 1 aliphatic heterocycles. The van der Waals surface area contributed by atoms with E-state index in [4.69, 9.17) is 20.5 Å². The van der Waals surface area contributed by atoms with Crippen molar-refractivity contribution < 1.29 is 17.3 Å². The molecule has 0 amide bonds. The molecule has 0 spiro atoms. The number of halogens is 1. The number of hydrogen-bond acceptors (Lipinski definition) is 7. The highest BCUT2D eigenvalue weighted by Crippen LogP contribution is 2.29. The smallest absolute Gasteiger partial charge is 0.306 e. The number of nitrogens with zero attached hydrogens (tertiary/aromatic N) is 3. The van der Waals surface area contributed by atoms with Crippen molar-refractivity contribution in [3.63, 3.8) is 0 Å². The summed E-state index contributed by atoms with van der Waals surface area (Å²) < 4.78 is 32.9. The molecule has 1 aromatic heterocycles. The number of hydrogen-bond donors (Lipinski definition) is 0. The van der Waals surface area contributed by atoms with Crippen LogP contribution in [0.25, 0.3) is 11.4 Å². The van der Waals surface area contributed by atoms with Crippen LogP contribution in [0.4, 0.5) is 5.82 Å². The summed E-state index contributed by atoms with van der Waals surface area (Å²) in [7, 11) is -3.61. The maximum atomic E-state index is 11.3. The topological polar surface area (TPSA) is 81.6 Å². The molecule has 1 saturated heterocycles. The third-order valence-electron chi connectivity index (χ3n) is 3.71. The fourth-order valence-electron chi connectivity index (χ4n) is 2.55. The number of anilines is 1. The minimum Gasteiger partial charge on any atom is -0.383 e. The van der Waals surface area contributed by atoms with Crippen LogP contribution in [0.3, 0.4) is 0 Å². The predicted molar refractivity (Wildman–Crippen MR) is 95.7 cm³/mol. The Bertz CT molecular complexity index is 883. The van der Waals surface area contributed by atoms with Gasteiger partial charge in [-0.05, 0) is 19.1 Å². The predicted octanol–water partition coefficient (Wildman–Crippen LogP) is 2.28. The standard InChI is InChI=1S/C16H18ClN3O4S/c1-11-14(17)18-15(19-16(11)20-6-8-23-9-7-20)12-4-3-5-13(10-12)24-25(2,21)22/h3-5,10H,6-9H2,1-2H3. The van der Waals surface area contributed by atoms with Crippen LogP contribution < -0.4 is 9.08 Å². The van der Waals surface area contributed by atoms with Crippen molar-refractivity contribution in [1.82, 2.24) is 9.97 Å². The summed E-state index contributed by atoms with van der Waals surface area (Å²) in [4.78, 5) is 11.1. The van der Waals surface area contributed by atoms with Crippen LogP contribution in [0, 0.1) is 6.92 Å². The van der Waals surface area contributed by atoms with E-state index in [1.807, 2.05) is 6.92 Å². The first kappa shape index (κ1) is 17.9. The van der Waals surface area contributed by atoms with Gasteiger partial charge in [0, 0.05) is 24.2 Å². The molecule has 0 radical (unpaired) electrons. The molecular formula is C16H18ClN3O4S. The molecule has 3 rings (SSSR count). The fraction of sp³-hybridized carbons (Fsp3) is 0.375. The van der Waals surface area contributed by atoms with Gasteiger partial charge in [0.25, 0.3) is 0 Å². The Labute approximate surface area is 151 Å². The Kier molecular flexibility index (Phi) is 5.12. The zero-order valence-corrected chi connectivity index (χ0v) is 15.5. The number of benzene rings is 1. The van der Waals surface area contributed by atoms with Gasteiger partial charge in [-0.2, -0.15) is 8.42 Å². The highest BCUT2D eigenvalue weighted by molar-refractivity contribution is 7.86. The van der Waals surface area contributed by atoms with Gasteiger partial charge >= 0.3 is 10.1 Å². The Balaban J connectivity index is 2.00. The molecule has 0 unspecified atom stereocenters. The molecule has 1 fully saturated rings. The average molecular weight is 384 g/mol. The second kappa shape index (κ2) is 7.15. The van der Waals surface area contributed by atoms with Gasteiger partial charge in [0.15, 0.2) is 5.82 Å². The van der Waals surface area contributed by atoms with Crippen molar-refractivity contribution in [2.45, 2.75) is 6.92 Å². The summed E-state index contributed by atoms with van der Waals surface area (Å²) in [6.45, 7) is 4.60. The van der Waals surface area contributed by atoms with Crippen LogP contribution in [0.1, 0.15) is 5.56 Å². The Morgan fingerprint density at radius 3 is 2.64 bits per heavy atom. The number of morpholine rings is 1. The van der Waals surface area contributed by atoms with Crippen molar-refractivity contribution in [3.05, 3.63) is 35.0 Å². The van der Waals surface area contributed by atoms with E-state index >= 15 is 0 Å². The minimum atomic E-state index is -3.61. The van der Waals surface area contributed by atoms with Gasteiger partial charge in [-0.1, -0.05) is 23.7 Å². The summed E-state index contributed by atoms with van der Waals surface area (Å²) >= 11 is 6.30. The van der Waals surface area contributed by atoms with Gasteiger partial charge in [-0.25, -0.2) is 9.97 Å². The molecule has 2 heterocycles. The molecular weight excluding hydrogens is 366 g/mol. The molecule has 25 heavy (non-hydrogen) atoms. The molecule has 2 aromatic rings. The third kappa shape index (κ3) is 4.39. The summed E-state index contributed by atoms with van der Waals surface area (Å²) in [5.41, 5.74) is 1.42. The maximum Gasteiger partial charge on any atom is 0.306 e. The minimum absolute atomic E-state index is 0.202. The Hall–Kier alpha value is -1.90. The number of aromatic nitrogens is 2. The monoisotopic (exact) mass is 383 g/mol.